The first-order valence-corrected chi connectivity index (χ1v) is 10.6. The molecule has 0 radical (unpaired) electrons. The molecule has 0 bridgehead atoms. The predicted octanol–water partition coefficient (Wildman–Crippen LogP) is 5.50. The van der Waals surface area contributed by atoms with Crippen LogP contribution in [0.1, 0.15) is 46.7 Å². The van der Waals surface area contributed by atoms with Crippen molar-refractivity contribution >= 4 is 29.2 Å². The lowest BCUT2D eigenvalue weighted by molar-refractivity contribution is -0.170. The molecule has 32 heavy (non-hydrogen) atoms. The summed E-state index contributed by atoms with van der Waals surface area (Å²) in [4.78, 5) is 25.2. The fourth-order valence-electron chi connectivity index (χ4n) is 4.38. The van der Waals surface area contributed by atoms with Crippen LogP contribution in [0, 0.1) is 5.92 Å². The molecule has 2 aromatic carbocycles. The Morgan fingerprint density at radius 1 is 1.12 bits per heavy atom. The second-order valence-electron chi connectivity index (χ2n) is 7.99. The number of rotatable bonds is 1. The Hall–Kier alpha value is -2.74. The van der Waals surface area contributed by atoms with E-state index in [9.17, 15) is 22.8 Å². The van der Waals surface area contributed by atoms with Crippen LogP contribution < -0.4 is 9.64 Å². The number of ether oxygens (including phenoxy) is 2. The van der Waals surface area contributed by atoms with Gasteiger partial charge < -0.3 is 9.47 Å². The zero-order valence-corrected chi connectivity index (χ0v) is 18.0. The topological polar surface area (TPSA) is 55.8 Å². The van der Waals surface area contributed by atoms with E-state index in [0.29, 0.717) is 27.8 Å². The van der Waals surface area contributed by atoms with E-state index < -0.39 is 18.1 Å². The van der Waals surface area contributed by atoms with Crippen LogP contribution in [0.5, 0.6) is 5.75 Å². The van der Waals surface area contributed by atoms with Gasteiger partial charge in [-0.15, -0.1) is 0 Å². The fourth-order valence-corrected chi connectivity index (χ4v) is 4.56. The molecule has 4 rings (SSSR count). The van der Waals surface area contributed by atoms with Gasteiger partial charge in [-0.25, -0.2) is 4.79 Å². The van der Waals surface area contributed by atoms with Crippen molar-refractivity contribution in [1.29, 1.82) is 0 Å². The second kappa shape index (κ2) is 8.65. The van der Waals surface area contributed by atoms with Crippen molar-refractivity contribution in [2.75, 3.05) is 18.6 Å². The van der Waals surface area contributed by atoms with Crippen LogP contribution >= 0.6 is 11.6 Å². The first-order valence-electron chi connectivity index (χ1n) is 10.2. The number of fused-ring (bicyclic) bond motifs is 4. The van der Waals surface area contributed by atoms with Gasteiger partial charge >= 0.3 is 18.1 Å². The molecule has 1 amide bonds. The van der Waals surface area contributed by atoms with Gasteiger partial charge in [-0.1, -0.05) is 17.7 Å². The highest BCUT2D eigenvalue weighted by Gasteiger charge is 2.44. The number of benzene rings is 2. The Labute approximate surface area is 188 Å². The maximum Gasteiger partial charge on any atom is 0.471 e. The number of methoxy groups -OCH3 is 1. The summed E-state index contributed by atoms with van der Waals surface area (Å²) in [7, 11) is 1.17. The van der Waals surface area contributed by atoms with Crippen molar-refractivity contribution in [1.82, 2.24) is 0 Å². The maximum absolute atomic E-state index is 13.6. The molecular weight excluding hydrogens is 447 g/mol. The summed E-state index contributed by atoms with van der Waals surface area (Å²) in [6, 6.07) is 9.04. The van der Waals surface area contributed by atoms with Gasteiger partial charge in [-0.3, -0.25) is 9.69 Å². The molecule has 0 aromatic heterocycles. The smallest absolute Gasteiger partial charge is 0.471 e. The number of halogens is 4. The first-order chi connectivity index (χ1) is 15.2. The summed E-state index contributed by atoms with van der Waals surface area (Å²) in [5.41, 5.74) is 1.31. The lowest BCUT2D eigenvalue weighted by Crippen LogP contribution is -2.41. The molecule has 1 fully saturated rings. The SMILES string of the molecule is COC(=O)c1ccc2c(c1)N(C(=O)C(F)(F)F)Cc1ccc(Cl)cc1[C@H]1CC[C@H]1CCO2. The number of nitrogens with zero attached hydrogens (tertiary/aromatic N) is 1. The molecule has 0 saturated heterocycles. The normalized spacial score (nSPS) is 20.5. The van der Waals surface area contributed by atoms with E-state index in [1.54, 1.807) is 18.2 Å². The van der Waals surface area contributed by atoms with E-state index >= 15 is 0 Å². The summed E-state index contributed by atoms with van der Waals surface area (Å²) in [5.74, 6) is -2.22. The molecule has 0 unspecified atom stereocenters. The molecule has 1 saturated carbocycles. The number of esters is 1. The van der Waals surface area contributed by atoms with E-state index in [4.69, 9.17) is 21.1 Å². The summed E-state index contributed by atoms with van der Waals surface area (Å²) in [6.45, 7) is -0.0647. The van der Waals surface area contributed by atoms with Gasteiger partial charge in [0.2, 0.25) is 0 Å². The molecule has 2 aromatic rings. The summed E-state index contributed by atoms with van der Waals surface area (Å²) >= 11 is 6.20. The van der Waals surface area contributed by atoms with Crippen LogP contribution in [0.4, 0.5) is 18.9 Å². The molecule has 1 heterocycles. The number of alkyl halides is 3. The van der Waals surface area contributed by atoms with Crippen LogP contribution in [0.3, 0.4) is 0 Å². The number of carbonyl (C=O) groups excluding carboxylic acids is 2. The quantitative estimate of drug-likeness (QED) is 0.520. The van der Waals surface area contributed by atoms with Gasteiger partial charge in [-0.05, 0) is 72.6 Å². The highest BCUT2D eigenvalue weighted by Crippen LogP contribution is 2.47. The van der Waals surface area contributed by atoms with Crippen molar-refractivity contribution in [2.45, 2.75) is 37.9 Å². The fraction of sp³-hybridized carbons (Fsp3) is 0.391. The molecule has 9 heteroatoms. The van der Waals surface area contributed by atoms with Gasteiger partial charge in [0.1, 0.15) is 5.75 Å². The molecule has 2 aliphatic rings. The number of anilines is 1. The lowest BCUT2D eigenvalue weighted by atomic mass is 9.67. The number of hydrogen-bond donors (Lipinski definition) is 0. The van der Waals surface area contributed by atoms with Crippen LogP contribution in [0.2, 0.25) is 5.02 Å². The molecular formula is C23H21ClF3NO4. The Morgan fingerprint density at radius 2 is 1.91 bits per heavy atom. The molecule has 2 atom stereocenters. The summed E-state index contributed by atoms with van der Waals surface area (Å²) in [6.07, 6.45) is -2.53. The largest absolute Gasteiger partial charge is 0.491 e. The highest BCUT2D eigenvalue weighted by molar-refractivity contribution is 6.30. The van der Waals surface area contributed by atoms with E-state index in [0.717, 1.165) is 18.4 Å². The van der Waals surface area contributed by atoms with E-state index in [1.807, 2.05) is 0 Å². The molecule has 0 N–H and O–H groups in total. The van der Waals surface area contributed by atoms with Crippen molar-refractivity contribution in [3.05, 3.63) is 58.1 Å². The molecule has 1 aliphatic carbocycles. The van der Waals surface area contributed by atoms with Gasteiger partial charge in [0.15, 0.2) is 0 Å². The van der Waals surface area contributed by atoms with Crippen molar-refractivity contribution in [3.63, 3.8) is 0 Å². The third kappa shape index (κ3) is 4.28. The van der Waals surface area contributed by atoms with E-state index in [1.165, 1.54) is 25.3 Å². The minimum atomic E-state index is -5.12. The molecule has 0 spiro atoms. The molecule has 170 valence electrons. The Balaban J connectivity index is 1.88. The highest BCUT2D eigenvalue weighted by atomic mass is 35.5. The van der Waals surface area contributed by atoms with Crippen molar-refractivity contribution in [2.24, 2.45) is 5.92 Å². The van der Waals surface area contributed by atoms with Gasteiger partial charge in [0.05, 0.1) is 31.5 Å². The molecule has 5 nitrogen and oxygen atoms in total. The van der Waals surface area contributed by atoms with Gasteiger partial charge in [0.25, 0.3) is 0 Å². The number of carbonyl (C=O) groups is 2. The number of hydrogen-bond acceptors (Lipinski definition) is 4. The average Bonchev–Trinajstić information content (AvgIpc) is 2.75. The summed E-state index contributed by atoms with van der Waals surface area (Å²) < 4.78 is 51.3. The second-order valence-corrected chi connectivity index (χ2v) is 8.42. The third-order valence-corrected chi connectivity index (χ3v) is 6.39. The van der Waals surface area contributed by atoms with Crippen molar-refractivity contribution < 1.29 is 32.2 Å². The minimum Gasteiger partial charge on any atom is -0.491 e. The Kier molecular flexibility index (Phi) is 6.07. The summed E-state index contributed by atoms with van der Waals surface area (Å²) in [5, 5.41) is 0.489. The number of amides is 1. The van der Waals surface area contributed by atoms with Crippen LogP contribution in [-0.2, 0) is 16.1 Å². The minimum absolute atomic E-state index is 0.0149. The van der Waals surface area contributed by atoms with Crippen molar-refractivity contribution in [3.8, 4) is 5.75 Å². The van der Waals surface area contributed by atoms with Crippen LogP contribution in [0.15, 0.2) is 36.4 Å². The maximum atomic E-state index is 13.6. The Bertz CT molecular complexity index is 1060. The third-order valence-electron chi connectivity index (χ3n) is 6.16. The van der Waals surface area contributed by atoms with Crippen LogP contribution in [0.25, 0.3) is 0 Å². The lowest BCUT2D eigenvalue weighted by Gasteiger charge is -2.38. The molecule has 1 aliphatic heterocycles. The Morgan fingerprint density at radius 3 is 2.56 bits per heavy atom. The monoisotopic (exact) mass is 467 g/mol. The average molecular weight is 468 g/mol. The van der Waals surface area contributed by atoms with E-state index in [-0.39, 0.29) is 36.1 Å². The van der Waals surface area contributed by atoms with Crippen LogP contribution in [-0.4, -0.2) is 31.8 Å². The standard InChI is InChI=1S/C23H21ClF3NO4/c1-31-21(29)14-4-7-20-19(10-14)28(22(30)23(25,26)27)12-15-2-5-16(24)11-18(15)17-6-3-13(17)8-9-32-20/h2,4-5,7,10-11,13,17H,3,6,8-9,12H2,1H3/t13-,17-/m0/s1. The van der Waals surface area contributed by atoms with Gasteiger partial charge in [-0.2, -0.15) is 13.2 Å². The van der Waals surface area contributed by atoms with Gasteiger partial charge in [0, 0.05) is 5.02 Å². The predicted molar refractivity (Wildman–Crippen MR) is 112 cm³/mol. The first kappa shape index (κ1) is 22.5. The zero-order valence-electron chi connectivity index (χ0n) is 17.2. The zero-order chi connectivity index (χ0) is 23.0. The van der Waals surface area contributed by atoms with E-state index in [2.05, 4.69) is 0 Å².